The van der Waals surface area contributed by atoms with Gasteiger partial charge in [-0.05, 0) is 10.2 Å². The number of quaternary nitrogens is 1. The molecule has 0 saturated heterocycles. The van der Waals surface area contributed by atoms with Crippen LogP contribution in [0.1, 0.15) is 18.5 Å². The molecule has 0 saturated carbocycles. The van der Waals surface area contributed by atoms with Crippen molar-refractivity contribution >= 4 is 18.5 Å². The topological polar surface area (TPSA) is 93.8 Å². The predicted octanol–water partition coefficient (Wildman–Crippen LogP) is 1.04. The number of hydrogen-bond donors (Lipinski definition) is 1. The number of nitrogens with two attached hydrogens (primary N) is 1. The Hall–Kier alpha value is -2.16. The molecule has 0 spiro atoms. The van der Waals surface area contributed by atoms with Gasteiger partial charge >= 0.3 is 6.03 Å². The molecule has 1 aliphatic rings. The number of amides is 2. The van der Waals surface area contributed by atoms with Crippen molar-refractivity contribution in [2.24, 2.45) is 15.9 Å². The molecule has 7 nitrogen and oxygen atoms in total. The van der Waals surface area contributed by atoms with Gasteiger partial charge in [0.2, 0.25) is 6.54 Å². The van der Waals surface area contributed by atoms with Gasteiger partial charge in [-0.3, -0.25) is 0 Å². The molecular formula is C9H9F2N5O2+. The van der Waals surface area contributed by atoms with Crippen LogP contribution in [0.5, 0.6) is 0 Å². The molecule has 2 rings (SSSR count). The minimum Gasteiger partial charge on any atom is -0.443 e. The van der Waals surface area contributed by atoms with E-state index >= 15 is 0 Å². The van der Waals surface area contributed by atoms with Gasteiger partial charge in [0.05, 0.1) is 0 Å². The minimum atomic E-state index is -3.12. The third kappa shape index (κ3) is 2.12. The van der Waals surface area contributed by atoms with Crippen LogP contribution in [0.15, 0.2) is 20.9 Å². The second-order valence-electron chi connectivity index (χ2n) is 3.72. The zero-order valence-electron chi connectivity index (χ0n) is 9.30. The van der Waals surface area contributed by atoms with Crippen molar-refractivity contribution in [3.63, 3.8) is 0 Å². The third-order valence-electron chi connectivity index (χ3n) is 2.24. The van der Waals surface area contributed by atoms with Gasteiger partial charge in [-0.15, -0.1) is 0 Å². The van der Waals surface area contributed by atoms with Gasteiger partial charge in [0, 0.05) is 11.6 Å². The molecule has 0 aromatic carbocycles. The smallest absolute Gasteiger partial charge is 0.443 e. The normalized spacial score (nSPS) is 17.3. The van der Waals surface area contributed by atoms with E-state index in [2.05, 4.69) is 21.4 Å². The average molecular weight is 257 g/mol. The summed E-state index contributed by atoms with van der Waals surface area (Å²) < 4.78 is 29.9. The number of hydrogen-bond acceptors (Lipinski definition) is 5. The van der Waals surface area contributed by atoms with Crippen LogP contribution in [0.2, 0.25) is 0 Å². The Bertz CT molecular complexity index is 519. The maximum atomic E-state index is 13.0. The molecular weight excluding hydrogens is 248 g/mol. The quantitative estimate of drug-likeness (QED) is 0.820. The molecule has 1 aromatic rings. The maximum Gasteiger partial charge on any atom is 0.468 e. The SMILES string of the molecule is CC(F)(F)c1coc(C[N+]2(C(N)=O)N=[C]C=N2)n1. The summed E-state index contributed by atoms with van der Waals surface area (Å²) in [4.78, 5) is 14.8. The number of nitrogens with zero attached hydrogens (tertiary/aromatic N) is 4. The highest BCUT2D eigenvalue weighted by atomic mass is 19.3. The predicted molar refractivity (Wildman–Crippen MR) is 55.5 cm³/mol. The molecule has 2 amide bonds. The Balaban J connectivity index is 2.24. The molecule has 1 aromatic heterocycles. The van der Waals surface area contributed by atoms with Gasteiger partial charge < -0.3 is 10.2 Å². The molecule has 0 fully saturated rings. The number of carbonyl (C=O) groups is 1. The number of halogens is 2. The first-order valence-corrected chi connectivity index (χ1v) is 4.86. The summed E-state index contributed by atoms with van der Waals surface area (Å²) in [6, 6.07) is -0.890. The third-order valence-corrected chi connectivity index (χ3v) is 2.24. The van der Waals surface area contributed by atoms with E-state index in [0.29, 0.717) is 6.92 Å². The Morgan fingerprint density at radius 2 is 2.39 bits per heavy atom. The van der Waals surface area contributed by atoms with E-state index in [1.807, 2.05) is 0 Å². The summed E-state index contributed by atoms with van der Waals surface area (Å²) in [7, 11) is 0. The number of carbonyl (C=O) groups excluding carboxylic acids is 1. The summed E-state index contributed by atoms with van der Waals surface area (Å²) in [5, 5.41) is 7.34. The Morgan fingerprint density at radius 1 is 1.67 bits per heavy atom. The van der Waals surface area contributed by atoms with Crippen molar-refractivity contribution in [2.75, 3.05) is 0 Å². The lowest BCUT2D eigenvalue weighted by Crippen LogP contribution is -2.45. The number of urea groups is 1. The lowest BCUT2D eigenvalue weighted by molar-refractivity contribution is -0.874. The number of aromatic nitrogens is 1. The number of rotatable bonds is 3. The van der Waals surface area contributed by atoms with Crippen LogP contribution in [0.4, 0.5) is 13.6 Å². The van der Waals surface area contributed by atoms with E-state index in [1.165, 1.54) is 0 Å². The van der Waals surface area contributed by atoms with Crippen molar-refractivity contribution in [1.82, 2.24) is 4.98 Å². The van der Waals surface area contributed by atoms with E-state index < -0.39 is 22.3 Å². The highest BCUT2D eigenvalue weighted by Gasteiger charge is 2.41. The first-order valence-electron chi connectivity index (χ1n) is 4.86. The molecule has 1 aliphatic heterocycles. The van der Waals surface area contributed by atoms with Crippen molar-refractivity contribution in [2.45, 2.75) is 19.4 Å². The van der Waals surface area contributed by atoms with E-state index in [-0.39, 0.29) is 12.4 Å². The first kappa shape index (κ1) is 12.3. The van der Waals surface area contributed by atoms with Gasteiger partial charge in [0.1, 0.15) is 18.2 Å². The van der Waals surface area contributed by atoms with Gasteiger partial charge in [-0.25, -0.2) is 9.78 Å². The largest absolute Gasteiger partial charge is 0.468 e. The molecule has 0 bridgehead atoms. The molecule has 1 unspecified atom stereocenters. The van der Waals surface area contributed by atoms with Crippen LogP contribution >= 0.6 is 0 Å². The molecule has 1 atom stereocenters. The Kier molecular flexibility index (Phi) is 2.70. The minimum absolute atomic E-state index is 0.116. The Labute approximate surface area is 100 Å². The van der Waals surface area contributed by atoms with Crippen LogP contribution in [-0.2, 0) is 12.5 Å². The summed E-state index contributed by atoms with van der Waals surface area (Å²) in [6.07, 6.45) is 4.31. The summed E-state index contributed by atoms with van der Waals surface area (Å²) in [5.41, 5.74) is 4.61. The van der Waals surface area contributed by atoms with Gasteiger partial charge in [0.15, 0.2) is 6.21 Å². The van der Waals surface area contributed by atoms with Gasteiger partial charge in [-0.1, -0.05) is 0 Å². The van der Waals surface area contributed by atoms with E-state index in [9.17, 15) is 13.6 Å². The average Bonchev–Trinajstić information content (AvgIpc) is 2.86. The molecule has 18 heavy (non-hydrogen) atoms. The van der Waals surface area contributed by atoms with Crippen molar-refractivity contribution in [3.05, 3.63) is 17.8 Å². The van der Waals surface area contributed by atoms with E-state index in [1.54, 1.807) is 0 Å². The monoisotopic (exact) mass is 257 g/mol. The molecule has 95 valence electrons. The highest BCUT2D eigenvalue weighted by Crippen LogP contribution is 2.27. The zero-order valence-corrected chi connectivity index (χ0v) is 9.30. The van der Waals surface area contributed by atoms with Crippen LogP contribution in [-0.4, -0.2) is 28.1 Å². The van der Waals surface area contributed by atoms with E-state index in [0.717, 1.165) is 12.5 Å². The Morgan fingerprint density at radius 3 is 2.83 bits per heavy atom. The van der Waals surface area contributed by atoms with Crippen molar-refractivity contribution in [1.29, 1.82) is 0 Å². The fourth-order valence-electron chi connectivity index (χ4n) is 1.30. The molecule has 2 heterocycles. The first-order chi connectivity index (χ1) is 8.33. The fraction of sp³-hybridized carbons (Fsp3) is 0.333. The molecule has 2 N–H and O–H groups in total. The summed E-state index contributed by atoms with van der Waals surface area (Å²) in [5.74, 6) is -3.24. The second kappa shape index (κ2) is 3.95. The fourth-order valence-corrected chi connectivity index (χ4v) is 1.30. The van der Waals surface area contributed by atoms with Gasteiger partial charge in [0.25, 0.3) is 11.8 Å². The number of oxazole rings is 1. The van der Waals surface area contributed by atoms with Crippen LogP contribution in [0, 0.1) is 0 Å². The maximum absolute atomic E-state index is 13.0. The molecule has 1 radical (unpaired) electrons. The summed E-state index contributed by atoms with van der Waals surface area (Å²) >= 11 is 0. The lowest BCUT2D eigenvalue weighted by Gasteiger charge is -2.15. The number of primary amides is 1. The van der Waals surface area contributed by atoms with Gasteiger partial charge in [-0.2, -0.15) is 8.78 Å². The summed E-state index contributed by atoms with van der Waals surface area (Å²) in [6.45, 7) is 0.405. The second-order valence-corrected chi connectivity index (χ2v) is 3.72. The van der Waals surface area contributed by atoms with Crippen LogP contribution in [0.25, 0.3) is 0 Å². The molecule has 9 heteroatoms. The molecule has 0 aliphatic carbocycles. The van der Waals surface area contributed by atoms with E-state index in [4.69, 9.17) is 10.2 Å². The zero-order chi connectivity index (χ0) is 13.4. The van der Waals surface area contributed by atoms with Crippen LogP contribution in [0.3, 0.4) is 0 Å². The van der Waals surface area contributed by atoms with Crippen LogP contribution < -0.4 is 5.73 Å². The highest BCUT2D eigenvalue weighted by molar-refractivity contribution is 6.16. The lowest BCUT2D eigenvalue weighted by atomic mass is 10.3. The number of alkyl halides is 2. The van der Waals surface area contributed by atoms with Crippen molar-refractivity contribution in [3.8, 4) is 0 Å². The standard InChI is InChI=1S/C9H8F2N5O2/c1-9(10,11)6-5-18-7(15-6)4-16(8(12)17)13-2-3-14-16/h2,5H,4H2,1H3,(H-,12,17)/p+1. The van der Waals surface area contributed by atoms with Crippen molar-refractivity contribution < 1.29 is 22.7 Å².